The Morgan fingerprint density at radius 3 is 2.68 bits per heavy atom. The lowest BCUT2D eigenvalue weighted by Gasteiger charge is -2.22. The fourth-order valence-electron chi connectivity index (χ4n) is 2.86. The molecule has 1 aromatic carbocycles. The lowest BCUT2D eigenvalue weighted by Crippen LogP contribution is -2.44. The molecule has 2 aromatic rings. The van der Waals surface area contributed by atoms with Crippen LogP contribution in [-0.2, 0) is 14.4 Å². The molecule has 1 amide bonds. The SMILES string of the molecule is O=C(O)CCC(C(=O)O)N1C(=O)/C(=C/c2ccc(-c3cccc([N+](=O)[O-])c3)o2)SC1=S. The lowest BCUT2D eigenvalue weighted by molar-refractivity contribution is -0.384. The standard InChI is InChI=1S/C19H14N2O8S2/c22-16(23)7-5-13(18(25)26)20-17(24)15(31-19(20)30)9-12-4-6-14(29-12)10-2-1-3-11(8-10)21(27)28/h1-4,6,8-9,13H,5,7H2,(H,22,23)(H,25,26)/b15-9-. The molecule has 0 radical (unpaired) electrons. The van der Waals surface area contributed by atoms with E-state index in [0.29, 0.717) is 11.3 Å². The first-order chi connectivity index (χ1) is 14.7. The Labute approximate surface area is 184 Å². The molecule has 1 aliphatic rings. The highest BCUT2D eigenvalue weighted by molar-refractivity contribution is 8.26. The van der Waals surface area contributed by atoms with E-state index in [4.69, 9.17) is 21.7 Å². The minimum absolute atomic E-state index is 0.000461. The summed E-state index contributed by atoms with van der Waals surface area (Å²) in [6.07, 6.45) is 0.663. The molecule has 10 nitrogen and oxygen atoms in total. The number of carbonyl (C=O) groups excluding carboxylic acids is 1. The summed E-state index contributed by atoms with van der Waals surface area (Å²) in [6, 6.07) is 7.59. The van der Waals surface area contributed by atoms with Gasteiger partial charge in [0.2, 0.25) is 0 Å². The Morgan fingerprint density at radius 1 is 1.29 bits per heavy atom. The average Bonchev–Trinajstić information content (AvgIpc) is 3.28. The molecule has 3 rings (SSSR count). The highest BCUT2D eigenvalue weighted by Gasteiger charge is 2.40. The third kappa shape index (κ3) is 4.98. The van der Waals surface area contributed by atoms with E-state index in [1.165, 1.54) is 24.3 Å². The Balaban J connectivity index is 1.83. The van der Waals surface area contributed by atoms with E-state index in [0.717, 1.165) is 16.7 Å². The number of aliphatic carboxylic acids is 2. The molecule has 12 heteroatoms. The van der Waals surface area contributed by atoms with Gasteiger partial charge in [0.25, 0.3) is 11.6 Å². The first-order valence-corrected chi connectivity index (χ1v) is 9.96. The maximum absolute atomic E-state index is 12.7. The number of carbonyl (C=O) groups is 3. The number of carboxylic acid groups (broad SMARTS) is 2. The van der Waals surface area contributed by atoms with Gasteiger partial charge in [0.15, 0.2) is 0 Å². The van der Waals surface area contributed by atoms with Crippen LogP contribution in [0, 0.1) is 10.1 Å². The molecule has 2 N–H and O–H groups in total. The second-order valence-electron chi connectivity index (χ2n) is 6.35. The number of furan rings is 1. The third-order valence-electron chi connectivity index (χ3n) is 4.29. The van der Waals surface area contributed by atoms with Crippen molar-refractivity contribution in [1.29, 1.82) is 0 Å². The van der Waals surface area contributed by atoms with Gasteiger partial charge in [0.1, 0.15) is 21.9 Å². The van der Waals surface area contributed by atoms with Crippen molar-refractivity contribution in [3.8, 4) is 11.3 Å². The van der Waals surface area contributed by atoms with Crippen LogP contribution in [0.3, 0.4) is 0 Å². The molecule has 0 aliphatic carbocycles. The van der Waals surface area contributed by atoms with Crippen LogP contribution in [0.4, 0.5) is 5.69 Å². The van der Waals surface area contributed by atoms with E-state index >= 15 is 0 Å². The Kier molecular flexibility index (Phi) is 6.51. The Hall–Kier alpha value is -3.51. The van der Waals surface area contributed by atoms with Gasteiger partial charge >= 0.3 is 11.9 Å². The van der Waals surface area contributed by atoms with Crippen LogP contribution in [0.2, 0.25) is 0 Å². The quantitative estimate of drug-likeness (QED) is 0.258. The molecule has 1 saturated heterocycles. The molecule has 0 bridgehead atoms. The first-order valence-electron chi connectivity index (χ1n) is 8.73. The summed E-state index contributed by atoms with van der Waals surface area (Å²) in [4.78, 5) is 46.5. The maximum Gasteiger partial charge on any atom is 0.326 e. The molecule has 2 heterocycles. The summed E-state index contributed by atoms with van der Waals surface area (Å²) < 4.78 is 5.65. The maximum atomic E-state index is 12.7. The summed E-state index contributed by atoms with van der Waals surface area (Å²) in [5, 5.41) is 29.2. The Bertz CT molecular complexity index is 1120. The molecule has 160 valence electrons. The fourth-order valence-corrected chi connectivity index (χ4v) is 4.20. The topological polar surface area (TPSA) is 151 Å². The minimum atomic E-state index is -1.40. The van der Waals surface area contributed by atoms with E-state index in [2.05, 4.69) is 0 Å². The number of nitro benzene ring substituents is 1. The van der Waals surface area contributed by atoms with Gasteiger partial charge in [-0.15, -0.1) is 0 Å². The van der Waals surface area contributed by atoms with Gasteiger partial charge in [-0.05, 0) is 18.6 Å². The smallest absolute Gasteiger partial charge is 0.326 e. The molecule has 1 unspecified atom stereocenters. The van der Waals surface area contributed by atoms with Crippen molar-refractivity contribution in [2.75, 3.05) is 0 Å². The molecule has 31 heavy (non-hydrogen) atoms. The van der Waals surface area contributed by atoms with E-state index in [1.807, 2.05) is 0 Å². The van der Waals surface area contributed by atoms with Crippen molar-refractivity contribution >= 4 is 57.9 Å². The van der Waals surface area contributed by atoms with E-state index in [1.54, 1.807) is 18.2 Å². The zero-order valence-electron chi connectivity index (χ0n) is 15.6. The largest absolute Gasteiger partial charge is 0.481 e. The number of non-ortho nitro benzene ring substituents is 1. The van der Waals surface area contributed by atoms with Gasteiger partial charge in [-0.1, -0.05) is 36.1 Å². The van der Waals surface area contributed by atoms with Crippen molar-refractivity contribution in [1.82, 2.24) is 4.90 Å². The van der Waals surface area contributed by atoms with Crippen molar-refractivity contribution in [2.45, 2.75) is 18.9 Å². The number of hydrogen-bond acceptors (Lipinski definition) is 8. The van der Waals surface area contributed by atoms with Crippen LogP contribution in [0.1, 0.15) is 18.6 Å². The molecule has 1 aromatic heterocycles. The number of nitro groups is 1. The van der Waals surface area contributed by atoms with Crippen LogP contribution in [-0.4, -0.2) is 48.2 Å². The highest BCUT2D eigenvalue weighted by atomic mass is 32.2. The number of thiocarbonyl (C=S) groups is 1. The van der Waals surface area contributed by atoms with E-state index < -0.39 is 35.2 Å². The summed E-state index contributed by atoms with van der Waals surface area (Å²) in [5.41, 5.74) is 0.374. The summed E-state index contributed by atoms with van der Waals surface area (Å²) in [7, 11) is 0. The minimum Gasteiger partial charge on any atom is -0.481 e. The highest BCUT2D eigenvalue weighted by Crippen LogP contribution is 2.36. The molecule has 1 aliphatic heterocycles. The van der Waals surface area contributed by atoms with E-state index in [-0.39, 0.29) is 27.1 Å². The summed E-state index contributed by atoms with van der Waals surface area (Å²) in [6.45, 7) is 0. The van der Waals surface area contributed by atoms with Gasteiger partial charge < -0.3 is 14.6 Å². The van der Waals surface area contributed by atoms with Gasteiger partial charge in [-0.25, -0.2) is 4.79 Å². The van der Waals surface area contributed by atoms with Crippen LogP contribution >= 0.6 is 24.0 Å². The monoisotopic (exact) mass is 462 g/mol. The van der Waals surface area contributed by atoms with Crippen molar-refractivity contribution in [3.63, 3.8) is 0 Å². The van der Waals surface area contributed by atoms with Crippen LogP contribution in [0.15, 0.2) is 45.7 Å². The fraction of sp³-hybridized carbons (Fsp3) is 0.158. The number of hydrogen-bond donors (Lipinski definition) is 2. The average molecular weight is 462 g/mol. The molecular weight excluding hydrogens is 448 g/mol. The molecular formula is C19H14N2O8S2. The lowest BCUT2D eigenvalue weighted by atomic mass is 10.1. The zero-order chi connectivity index (χ0) is 22.7. The summed E-state index contributed by atoms with van der Waals surface area (Å²) >= 11 is 6.01. The molecule has 0 spiro atoms. The number of rotatable bonds is 8. The summed E-state index contributed by atoms with van der Waals surface area (Å²) in [5.74, 6) is -2.60. The zero-order valence-corrected chi connectivity index (χ0v) is 17.2. The second-order valence-corrected chi connectivity index (χ2v) is 8.02. The van der Waals surface area contributed by atoms with Gasteiger partial charge in [-0.3, -0.25) is 24.6 Å². The van der Waals surface area contributed by atoms with Crippen LogP contribution in [0.25, 0.3) is 17.4 Å². The normalized spacial score (nSPS) is 16.0. The number of amides is 1. The second kappa shape index (κ2) is 9.10. The Morgan fingerprint density at radius 2 is 2.03 bits per heavy atom. The molecule has 1 atom stereocenters. The number of carboxylic acids is 2. The first kappa shape index (κ1) is 22.2. The number of nitrogens with zero attached hydrogens (tertiary/aromatic N) is 2. The van der Waals surface area contributed by atoms with Gasteiger partial charge in [0, 0.05) is 30.2 Å². The van der Waals surface area contributed by atoms with E-state index in [9.17, 15) is 29.6 Å². The number of thioether (sulfide) groups is 1. The number of benzene rings is 1. The van der Waals surface area contributed by atoms with Crippen molar-refractivity contribution in [3.05, 3.63) is 57.2 Å². The van der Waals surface area contributed by atoms with Crippen molar-refractivity contribution in [2.24, 2.45) is 0 Å². The van der Waals surface area contributed by atoms with Crippen LogP contribution < -0.4 is 0 Å². The van der Waals surface area contributed by atoms with Gasteiger partial charge in [0.05, 0.1) is 9.83 Å². The third-order valence-corrected chi connectivity index (χ3v) is 5.62. The van der Waals surface area contributed by atoms with Crippen LogP contribution in [0.5, 0.6) is 0 Å². The van der Waals surface area contributed by atoms with Crippen molar-refractivity contribution < 1.29 is 33.9 Å². The predicted octanol–water partition coefficient (Wildman–Crippen LogP) is 3.37. The predicted molar refractivity (Wildman–Crippen MR) is 114 cm³/mol. The van der Waals surface area contributed by atoms with Gasteiger partial charge in [-0.2, -0.15) is 0 Å². The molecule has 1 fully saturated rings. The molecule has 0 saturated carbocycles.